The summed E-state index contributed by atoms with van der Waals surface area (Å²) in [5.41, 5.74) is 0. The zero-order valence-electron chi connectivity index (χ0n) is 10.6. The summed E-state index contributed by atoms with van der Waals surface area (Å²) < 4.78 is 31.9. The number of ether oxygens (including phenoxy) is 1. The molecule has 0 aliphatic heterocycles. The van der Waals surface area contributed by atoms with Crippen molar-refractivity contribution in [2.45, 2.75) is 31.1 Å². The Labute approximate surface area is 117 Å². The van der Waals surface area contributed by atoms with Crippen molar-refractivity contribution in [3.8, 4) is 5.75 Å². The van der Waals surface area contributed by atoms with Gasteiger partial charge in [-0.25, -0.2) is 13.1 Å². The van der Waals surface area contributed by atoms with Crippen molar-refractivity contribution < 1.29 is 13.2 Å². The molecular formula is C12H18BrNO3S. The molecule has 0 aliphatic carbocycles. The van der Waals surface area contributed by atoms with E-state index in [0.29, 0.717) is 12.4 Å². The van der Waals surface area contributed by atoms with E-state index in [1.165, 1.54) is 19.2 Å². The van der Waals surface area contributed by atoms with Gasteiger partial charge in [0.2, 0.25) is 10.0 Å². The molecule has 0 saturated heterocycles. The predicted molar refractivity (Wildman–Crippen MR) is 75.4 cm³/mol. The number of halogens is 1. The lowest BCUT2D eigenvalue weighted by Gasteiger charge is -2.10. The number of benzene rings is 1. The van der Waals surface area contributed by atoms with Gasteiger partial charge >= 0.3 is 0 Å². The number of hydrogen-bond acceptors (Lipinski definition) is 3. The second-order valence-corrected chi connectivity index (χ2v) is 6.60. The van der Waals surface area contributed by atoms with Crippen LogP contribution in [0.4, 0.5) is 0 Å². The molecule has 0 amide bonds. The van der Waals surface area contributed by atoms with E-state index in [-0.39, 0.29) is 4.90 Å². The smallest absolute Gasteiger partial charge is 0.240 e. The Morgan fingerprint density at radius 3 is 2.67 bits per heavy atom. The van der Waals surface area contributed by atoms with Gasteiger partial charge in [0.25, 0.3) is 0 Å². The highest BCUT2D eigenvalue weighted by Gasteiger charge is 2.13. The van der Waals surface area contributed by atoms with E-state index >= 15 is 0 Å². The number of nitrogens with one attached hydrogen (secondary N) is 1. The lowest BCUT2D eigenvalue weighted by Crippen LogP contribution is -2.18. The van der Waals surface area contributed by atoms with Crippen molar-refractivity contribution in [1.82, 2.24) is 4.72 Å². The van der Waals surface area contributed by atoms with Crippen molar-refractivity contribution in [3.63, 3.8) is 0 Å². The standard InChI is InChI=1S/C12H18BrNO3S/c1-3-4-5-8-17-12-9-10(6-7-11(12)13)18(15,16)14-2/h6-7,9,14H,3-5,8H2,1-2H3. The molecule has 0 heterocycles. The van der Waals surface area contributed by atoms with Gasteiger partial charge in [0.1, 0.15) is 5.75 Å². The fraction of sp³-hybridized carbons (Fsp3) is 0.500. The summed E-state index contributed by atoms with van der Waals surface area (Å²) in [4.78, 5) is 0.207. The second kappa shape index (κ2) is 7.11. The monoisotopic (exact) mass is 335 g/mol. The number of hydrogen-bond donors (Lipinski definition) is 1. The van der Waals surface area contributed by atoms with Gasteiger partial charge in [-0.2, -0.15) is 0 Å². The highest BCUT2D eigenvalue weighted by molar-refractivity contribution is 9.10. The molecule has 0 saturated carbocycles. The lowest BCUT2D eigenvalue weighted by atomic mass is 10.3. The van der Waals surface area contributed by atoms with Gasteiger partial charge in [0.15, 0.2) is 0 Å². The fourth-order valence-electron chi connectivity index (χ4n) is 1.41. The fourth-order valence-corrected chi connectivity index (χ4v) is 2.52. The average molecular weight is 336 g/mol. The van der Waals surface area contributed by atoms with E-state index in [4.69, 9.17) is 4.74 Å². The van der Waals surface area contributed by atoms with Crippen LogP contribution in [0.15, 0.2) is 27.6 Å². The van der Waals surface area contributed by atoms with E-state index in [1.807, 2.05) is 0 Å². The molecule has 1 aromatic rings. The highest BCUT2D eigenvalue weighted by Crippen LogP contribution is 2.28. The van der Waals surface area contributed by atoms with Gasteiger partial charge in [-0.05, 0) is 41.5 Å². The van der Waals surface area contributed by atoms with E-state index in [2.05, 4.69) is 27.6 Å². The first-order chi connectivity index (χ1) is 8.51. The zero-order valence-corrected chi connectivity index (χ0v) is 13.0. The molecule has 0 fully saturated rings. The average Bonchev–Trinajstić information content (AvgIpc) is 2.36. The third-order valence-corrected chi connectivity index (χ3v) is 4.55. The van der Waals surface area contributed by atoms with Gasteiger partial charge < -0.3 is 4.74 Å². The molecule has 0 radical (unpaired) electrons. The molecule has 1 rings (SSSR count). The number of unbranched alkanes of at least 4 members (excludes halogenated alkanes) is 2. The van der Waals surface area contributed by atoms with E-state index < -0.39 is 10.0 Å². The molecule has 0 aliphatic rings. The predicted octanol–water partition coefficient (Wildman–Crippen LogP) is 2.93. The molecule has 0 spiro atoms. The normalized spacial score (nSPS) is 11.5. The maximum absolute atomic E-state index is 11.7. The van der Waals surface area contributed by atoms with Crippen molar-refractivity contribution in [3.05, 3.63) is 22.7 Å². The maximum Gasteiger partial charge on any atom is 0.240 e. The third kappa shape index (κ3) is 4.26. The molecule has 102 valence electrons. The summed E-state index contributed by atoms with van der Waals surface area (Å²) in [5.74, 6) is 0.558. The first-order valence-corrected chi connectivity index (χ1v) is 8.14. The summed E-state index contributed by atoms with van der Waals surface area (Å²) in [6, 6.07) is 4.75. The summed E-state index contributed by atoms with van der Waals surface area (Å²) in [6.07, 6.45) is 3.19. The van der Waals surface area contributed by atoms with E-state index in [9.17, 15) is 8.42 Å². The van der Waals surface area contributed by atoms with Crippen LogP contribution in [0.3, 0.4) is 0 Å². The Morgan fingerprint density at radius 1 is 1.33 bits per heavy atom. The topological polar surface area (TPSA) is 55.4 Å². The van der Waals surface area contributed by atoms with E-state index in [1.54, 1.807) is 6.07 Å². The summed E-state index contributed by atoms with van der Waals surface area (Å²) in [6.45, 7) is 2.71. The molecule has 4 nitrogen and oxygen atoms in total. The first-order valence-electron chi connectivity index (χ1n) is 5.87. The van der Waals surface area contributed by atoms with Crippen LogP contribution in [-0.2, 0) is 10.0 Å². The lowest BCUT2D eigenvalue weighted by molar-refractivity contribution is 0.303. The maximum atomic E-state index is 11.7. The third-order valence-electron chi connectivity index (χ3n) is 2.49. The number of sulfonamides is 1. The minimum absolute atomic E-state index is 0.207. The van der Waals surface area contributed by atoms with Gasteiger partial charge in [-0.15, -0.1) is 0 Å². The molecule has 0 bridgehead atoms. The highest BCUT2D eigenvalue weighted by atomic mass is 79.9. The minimum Gasteiger partial charge on any atom is -0.492 e. The van der Waals surface area contributed by atoms with Crippen LogP contribution in [0.2, 0.25) is 0 Å². The van der Waals surface area contributed by atoms with Gasteiger partial charge in [0.05, 0.1) is 16.0 Å². The Hall–Kier alpha value is -0.590. The van der Waals surface area contributed by atoms with Crippen molar-refractivity contribution in [2.75, 3.05) is 13.7 Å². The summed E-state index contributed by atoms with van der Waals surface area (Å²) in [7, 11) is -2.04. The minimum atomic E-state index is -3.42. The molecule has 1 aromatic carbocycles. The SMILES string of the molecule is CCCCCOc1cc(S(=O)(=O)NC)ccc1Br. The van der Waals surface area contributed by atoms with Crippen LogP contribution in [0, 0.1) is 0 Å². The van der Waals surface area contributed by atoms with Crippen LogP contribution in [0.1, 0.15) is 26.2 Å². The molecule has 0 unspecified atom stereocenters. The van der Waals surface area contributed by atoms with E-state index in [0.717, 1.165) is 23.7 Å². The quantitative estimate of drug-likeness (QED) is 0.779. The Bertz CT molecular complexity index is 488. The zero-order chi connectivity index (χ0) is 13.6. The molecule has 1 N–H and O–H groups in total. The van der Waals surface area contributed by atoms with Gasteiger partial charge in [-0.1, -0.05) is 19.8 Å². The van der Waals surface area contributed by atoms with Crippen molar-refractivity contribution >= 4 is 26.0 Å². The van der Waals surface area contributed by atoms with Gasteiger partial charge in [0, 0.05) is 6.07 Å². The van der Waals surface area contributed by atoms with Crippen molar-refractivity contribution in [1.29, 1.82) is 0 Å². The van der Waals surface area contributed by atoms with Crippen molar-refractivity contribution in [2.24, 2.45) is 0 Å². The molecule has 18 heavy (non-hydrogen) atoms. The van der Waals surface area contributed by atoms with Gasteiger partial charge in [-0.3, -0.25) is 0 Å². The Kier molecular flexibility index (Phi) is 6.11. The van der Waals surface area contributed by atoms with Crippen LogP contribution >= 0.6 is 15.9 Å². The largest absolute Gasteiger partial charge is 0.492 e. The van der Waals surface area contributed by atoms with Crippen LogP contribution in [0.5, 0.6) is 5.75 Å². The molecule has 0 aromatic heterocycles. The van der Waals surface area contributed by atoms with Crippen LogP contribution in [-0.4, -0.2) is 22.1 Å². The van der Waals surface area contributed by atoms with Crippen LogP contribution < -0.4 is 9.46 Å². The molecule has 0 atom stereocenters. The molecular weight excluding hydrogens is 318 g/mol. The summed E-state index contributed by atoms with van der Waals surface area (Å²) in [5, 5.41) is 0. The van der Waals surface area contributed by atoms with Crippen LogP contribution in [0.25, 0.3) is 0 Å². The summed E-state index contributed by atoms with van der Waals surface area (Å²) >= 11 is 3.35. The number of rotatable bonds is 7. The molecule has 6 heteroatoms. The second-order valence-electron chi connectivity index (χ2n) is 3.86. The Balaban J connectivity index is 2.82. The Morgan fingerprint density at radius 2 is 2.06 bits per heavy atom. The first kappa shape index (κ1) is 15.5.